The van der Waals surface area contributed by atoms with Crippen LogP contribution in [-0.2, 0) is 28.8 Å². The van der Waals surface area contributed by atoms with E-state index in [0.29, 0.717) is 19.5 Å². The number of rotatable bonds is 12. The van der Waals surface area contributed by atoms with Crippen LogP contribution in [0.15, 0.2) is 0 Å². The van der Waals surface area contributed by atoms with Gasteiger partial charge in [0, 0.05) is 51.9 Å². The molecule has 2 atom stereocenters. The van der Waals surface area contributed by atoms with E-state index in [-0.39, 0.29) is 84.7 Å². The van der Waals surface area contributed by atoms with Crippen LogP contribution >= 0.6 is 23.5 Å². The lowest BCUT2D eigenvalue weighted by molar-refractivity contribution is -0.140. The number of imide groups is 2. The number of likely N-dealkylation sites (tertiary alicyclic amines) is 2. The van der Waals surface area contributed by atoms with E-state index in [1.165, 1.54) is 23.5 Å². The molecule has 2 saturated heterocycles. The van der Waals surface area contributed by atoms with Gasteiger partial charge in [-0.15, -0.1) is 0 Å². The molecule has 0 spiro atoms. The largest absolute Gasteiger partial charge is 0.356 e. The van der Waals surface area contributed by atoms with Crippen LogP contribution in [0.4, 0.5) is 0 Å². The summed E-state index contributed by atoms with van der Waals surface area (Å²) < 4.78 is 0. The summed E-state index contributed by atoms with van der Waals surface area (Å²) in [4.78, 5) is 73.7. The van der Waals surface area contributed by atoms with E-state index in [2.05, 4.69) is 10.6 Å². The molecule has 2 aliphatic rings. The van der Waals surface area contributed by atoms with Crippen LogP contribution in [0.25, 0.3) is 0 Å². The van der Waals surface area contributed by atoms with Crippen molar-refractivity contribution in [1.82, 2.24) is 20.4 Å². The van der Waals surface area contributed by atoms with Gasteiger partial charge in [-0.05, 0) is 18.9 Å². The second-order valence-corrected chi connectivity index (χ2v) is 9.26. The summed E-state index contributed by atoms with van der Waals surface area (Å²) in [7, 11) is 0. The van der Waals surface area contributed by atoms with Gasteiger partial charge in [0.2, 0.25) is 35.4 Å². The third kappa shape index (κ3) is 6.96. The number of amides is 6. The molecule has 6 amide bonds. The van der Waals surface area contributed by atoms with Crippen molar-refractivity contribution in [2.24, 2.45) is 0 Å². The van der Waals surface area contributed by atoms with Crippen molar-refractivity contribution in [2.75, 3.05) is 38.7 Å². The molecule has 0 aromatic rings. The number of carbonyl (C=O) groups is 6. The van der Waals surface area contributed by atoms with Gasteiger partial charge < -0.3 is 10.6 Å². The zero-order valence-electron chi connectivity index (χ0n) is 17.7. The summed E-state index contributed by atoms with van der Waals surface area (Å²) in [5, 5.41) is 4.67. The fourth-order valence-corrected chi connectivity index (χ4v) is 4.57. The predicted molar refractivity (Wildman–Crippen MR) is 117 cm³/mol. The van der Waals surface area contributed by atoms with Crippen LogP contribution < -0.4 is 10.6 Å². The van der Waals surface area contributed by atoms with Gasteiger partial charge in [0.05, 0.1) is 10.5 Å². The SMILES string of the molecule is CSC1CC(=O)N(CCC(=O)NCCCNC(=O)CCN2C(=O)CC(SC)C2=O)C1=O. The van der Waals surface area contributed by atoms with Crippen molar-refractivity contribution < 1.29 is 28.8 Å². The lowest BCUT2D eigenvalue weighted by Crippen LogP contribution is -2.37. The zero-order valence-corrected chi connectivity index (χ0v) is 19.3. The van der Waals surface area contributed by atoms with Gasteiger partial charge in [-0.1, -0.05) is 0 Å². The Hall–Kier alpha value is -2.08. The van der Waals surface area contributed by atoms with Crippen LogP contribution in [0.2, 0.25) is 0 Å². The molecule has 2 N–H and O–H groups in total. The quantitative estimate of drug-likeness (QED) is 0.283. The van der Waals surface area contributed by atoms with Crippen molar-refractivity contribution in [1.29, 1.82) is 0 Å². The van der Waals surface area contributed by atoms with Gasteiger partial charge >= 0.3 is 0 Å². The van der Waals surface area contributed by atoms with Crippen LogP contribution in [0.5, 0.6) is 0 Å². The molecule has 0 aromatic heterocycles. The number of nitrogens with one attached hydrogen (secondary N) is 2. The van der Waals surface area contributed by atoms with Crippen LogP contribution in [0, 0.1) is 0 Å². The molecule has 2 heterocycles. The van der Waals surface area contributed by atoms with Crippen LogP contribution in [0.3, 0.4) is 0 Å². The number of thioether (sulfide) groups is 2. The predicted octanol–water partition coefficient (Wildman–Crippen LogP) is -0.630. The number of carbonyl (C=O) groups excluding carboxylic acids is 6. The summed E-state index contributed by atoms with van der Waals surface area (Å²) in [6, 6.07) is 0. The van der Waals surface area contributed by atoms with Crippen molar-refractivity contribution >= 4 is 59.0 Å². The lowest BCUT2D eigenvalue weighted by Gasteiger charge is -2.15. The molecule has 0 aromatic carbocycles. The first-order chi connectivity index (χ1) is 14.8. The van der Waals surface area contributed by atoms with Crippen molar-refractivity contribution in [3.63, 3.8) is 0 Å². The average molecular weight is 473 g/mol. The van der Waals surface area contributed by atoms with Crippen molar-refractivity contribution in [3.05, 3.63) is 0 Å². The Bertz CT molecular complexity index is 687. The summed E-state index contributed by atoms with van der Waals surface area (Å²) in [6.07, 6.45) is 4.50. The minimum atomic E-state index is -0.354. The van der Waals surface area contributed by atoms with E-state index in [1.54, 1.807) is 12.5 Å². The highest BCUT2D eigenvalue weighted by atomic mass is 32.2. The highest BCUT2D eigenvalue weighted by molar-refractivity contribution is 8.00. The molecule has 12 heteroatoms. The maximum Gasteiger partial charge on any atom is 0.242 e. The first-order valence-electron chi connectivity index (χ1n) is 10.1. The highest BCUT2D eigenvalue weighted by Gasteiger charge is 2.38. The smallest absolute Gasteiger partial charge is 0.242 e. The third-order valence-electron chi connectivity index (χ3n) is 5.10. The van der Waals surface area contributed by atoms with Gasteiger partial charge in [-0.3, -0.25) is 38.6 Å². The highest BCUT2D eigenvalue weighted by Crippen LogP contribution is 2.23. The maximum atomic E-state index is 12.0. The summed E-state index contributed by atoms with van der Waals surface area (Å²) in [6.45, 7) is 0.825. The first kappa shape index (κ1) is 25.2. The second kappa shape index (κ2) is 12.1. The molecule has 2 unspecified atom stereocenters. The Balaban J connectivity index is 1.54. The Kier molecular flexibility index (Phi) is 9.82. The molecular formula is C19H28N4O6S2. The minimum Gasteiger partial charge on any atom is -0.356 e. The van der Waals surface area contributed by atoms with Gasteiger partial charge in [0.1, 0.15) is 0 Å². The molecule has 0 bridgehead atoms. The van der Waals surface area contributed by atoms with Gasteiger partial charge in [0.15, 0.2) is 0 Å². The average Bonchev–Trinajstić information content (AvgIpc) is 3.18. The molecular weight excluding hydrogens is 444 g/mol. The van der Waals surface area contributed by atoms with Gasteiger partial charge in [-0.25, -0.2) is 0 Å². The Labute approximate surface area is 189 Å². The van der Waals surface area contributed by atoms with Crippen molar-refractivity contribution in [3.8, 4) is 0 Å². The Morgan fingerprint density at radius 3 is 1.52 bits per heavy atom. The van der Waals surface area contributed by atoms with Crippen LogP contribution in [0.1, 0.15) is 32.1 Å². The zero-order chi connectivity index (χ0) is 23.0. The van der Waals surface area contributed by atoms with E-state index >= 15 is 0 Å². The molecule has 2 fully saturated rings. The number of nitrogens with zero attached hydrogens (tertiary/aromatic N) is 2. The topological polar surface area (TPSA) is 133 Å². The minimum absolute atomic E-state index is 0.0415. The number of hydrogen-bond acceptors (Lipinski definition) is 8. The van der Waals surface area contributed by atoms with E-state index in [1.807, 2.05) is 0 Å². The summed E-state index contributed by atoms with van der Waals surface area (Å²) in [5.74, 6) is -1.52. The molecule has 2 rings (SSSR count). The van der Waals surface area contributed by atoms with E-state index < -0.39 is 0 Å². The van der Waals surface area contributed by atoms with E-state index in [4.69, 9.17) is 0 Å². The number of hydrogen-bond donors (Lipinski definition) is 2. The molecule has 0 saturated carbocycles. The summed E-state index contributed by atoms with van der Waals surface area (Å²) in [5.41, 5.74) is 0. The fraction of sp³-hybridized carbons (Fsp3) is 0.684. The monoisotopic (exact) mass is 472 g/mol. The van der Waals surface area contributed by atoms with Gasteiger partial charge in [-0.2, -0.15) is 23.5 Å². The van der Waals surface area contributed by atoms with Crippen molar-refractivity contribution in [2.45, 2.75) is 42.6 Å². The normalized spacial score (nSPS) is 21.2. The maximum absolute atomic E-state index is 12.0. The second-order valence-electron chi connectivity index (χ2n) is 7.18. The first-order valence-corrected chi connectivity index (χ1v) is 12.6. The molecule has 10 nitrogen and oxygen atoms in total. The Morgan fingerprint density at radius 2 is 1.19 bits per heavy atom. The fourth-order valence-electron chi connectivity index (χ4n) is 3.29. The standard InChI is InChI=1S/C19H28N4O6S2/c1-30-12-10-16(26)22(18(12)28)8-4-14(24)20-6-3-7-21-15(25)5-9-23-17(27)11-13(31-2)19(23)29/h12-13H,3-11H2,1-2H3,(H,20,24)(H,21,25). The molecule has 172 valence electrons. The molecule has 31 heavy (non-hydrogen) atoms. The summed E-state index contributed by atoms with van der Waals surface area (Å²) >= 11 is 2.66. The van der Waals surface area contributed by atoms with E-state index in [9.17, 15) is 28.8 Å². The molecule has 0 radical (unpaired) electrons. The van der Waals surface area contributed by atoms with Gasteiger partial charge in [0.25, 0.3) is 0 Å². The third-order valence-corrected chi connectivity index (χ3v) is 6.97. The van der Waals surface area contributed by atoms with Crippen LogP contribution in [-0.4, -0.2) is 94.4 Å². The molecule has 2 aliphatic heterocycles. The lowest BCUT2D eigenvalue weighted by atomic mass is 10.3. The Morgan fingerprint density at radius 1 is 0.806 bits per heavy atom. The molecule has 0 aliphatic carbocycles. The van der Waals surface area contributed by atoms with E-state index in [0.717, 1.165) is 9.80 Å².